The Kier molecular flexibility index (Phi) is 4.78. The first-order valence-electron chi connectivity index (χ1n) is 7.30. The summed E-state index contributed by atoms with van der Waals surface area (Å²) in [6.45, 7) is 6.62. The Bertz CT molecular complexity index is 461. The van der Waals surface area contributed by atoms with Crippen molar-refractivity contribution in [2.45, 2.75) is 25.9 Å². The van der Waals surface area contributed by atoms with Gasteiger partial charge in [0.25, 0.3) is 0 Å². The van der Waals surface area contributed by atoms with Gasteiger partial charge < -0.3 is 10.6 Å². The Labute approximate surface area is 121 Å². The molecule has 1 aliphatic rings. The lowest BCUT2D eigenvalue weighted by Gasteiger charge is -2.28. The maximum Gasteiger partial charge on any atom is 0.128 e. The summed E-state index contributed by atoms with van der Waals surface area (Å²) in [5.74, 6) is 0.430. The molecule has 4 heteroatoms. The van der Waals surface area contributed by atoms with Crippen molar-refractivity contribution in [2.75, 3.05) is 33.7 Å². The van der Waals surface area contributed by atoms with Crippen LogP contribution in [0.15, 0.2) is 18.2 Å². The molecule has 1 saturated heterocycles. The van der Waals surface area contributed by atoms with E-state index in [2.05, 4.69) is 30.8 Å². The molecule has 1 aromatic carbocycles. The second-order valence-electron chi connectivity index (χ2n) is 6.24. The molecule has 1 heterocycles. The summed E-state index contributed by atoms with van der Waals surface area (Å²) in [6, 6.07) is 5.78. The molecule has 3 atom stereocenters. The summed E-state index contributed by atoms with van der Waals surface area (Å²) in [7, 11) is 4.21. The number of halogens is 1. The lowest BCUT2D eigenvalue weighted by molar-refractivity contribution is 0.216. The topological polar surface area (TPSA) is 32.5 Å². The maximum absolute atomic E-state index is 14.1. The van der Waals surface area contributed by atoms with E-state index in [0.717, 1.165) is 24.2 Å². The van der Waals surface area contributed by atoms with Crippen LogP contribution in [0, 0.1) is 18.7 Å². The van der Waals surface area contributed by atoms with Crippen LogP contribution >= 0.6 is 0 Å². The van der Waals surface area contributed by atoms with E-state index in [-0.39, 0.29) is 11.9 Å². The number of benzene rings is 1. The van der Waals surface area contributed by atoms with E-state index in [1.807, 2.05) is 19.1 Å². The molecule has 20 heavy (non-hydrogen) atoms. The van der Waals surface area contributed by atoms with Crippen LogP contribution < -0.4 is 5.73 Å². The van der Waals surface area contributed by atoms with Gasteiger partial charge in [0.2, 0.25) is 0 Å². The molecule has 0 spiro atoms. The van der Waals surface area contributed by atoms with Crippen LogP contribution in [0.5, 0.6) is 0 Å². The first-order valence-corrected chi connectivity index (χ1v) is 7.30. The van der Waals surface area contributed by atoms with Crippen molar-refractivity contribution >= 4 is 0 Å². The van der Waals surface area contributed by atoms with E-state index in [1.54, 1.807) is 6.07 Å². The Morgan fingerprint density at radius 1 is 1.40 bits per heavy atom. The number of nitrogens with two attached hydrogens (primary N) is 1. The summed E-state index contributed by atoms with van der Waals surface area (Å²) < 4.78 is 14.1. The van der Waals surface area contributed by atoms with Crippen LogP contribution in [0.1, 0.15) is 24.1 Å². The quantitative estimate of drug-likeness (QED) is 0.915. The molecule has 0 aromatic heterocycles. The van der Waals surface area contributed by atoms with E-state index in [1.165, 1.54) is 0 Å². The lowest BCUT2D eigenvalue weighted by Crippen LogP contribution is -2.37. The second-order valence-corrected chi connectivity index (χ2v) is 6.24. The highest BCUT2D eigenvalue weighted by molar-refractivity contribution is 5.27. The average molecular weight is 279 g/mol. The van der Waals surface area contributed by atoms with Gasteiger partial charge in [-0.2, -0.15) is 0 Å². The predicted molar refractivity (Wildman–Crippen MR) is 81.1 cm³/mol. The highest BCUT2D eigenvalue weighted by atomic mass is 19.1. The number of nitrogens with zero attached hydrogens (tertiary/aromatic N) is 2. The monoisotopic (exact) mass is 279 g/mol. The molecule has 3 nitrogen and oxygen atoms in total. The smallest absolute Gasteiger partial charge is 0.128 e. The molecule has 1 aromatic rings. The fraction of sp³-hybridized carbons (Fsp3) is 0.625. The largest absolute Gasteiger partial charge is 0.329 e. The van der Waals surface area contributed by atoms with Gasteiger partial charge >= 0.3 is 0 Å². The lowest BCUT2D eigenvalue weighted by atomic mass is 10.0. The van der Waals surface area contributed by atoms with Crippen LogP contribution in [0.3, 0.4) is 0 Å². The molecular weight excluding hydrogens is 253 g/mol. The highest BCUT2D eigenvalue weighted by Crippen LogP contribution is 2.30. The third kappa shape index (κ3) is 3.03. The number of aryl methyl sites for hydroxylation is 1. The van der Waals surface area contributed by atoms with Gasteiger partial charge in [0, 0.05) is 37.3 Å². The Morgan fingerprint density at radius 2 is 2.10 bits per heavy atom. The van der Waals surface area contributed by atoms with Crippen LogP contribution in [-0.2, 0) is 0 Å². The molecule has 1 aliphatic heterocycles. The highest BCUT2D eigenvalue weighted by Gasteiger charge is 2.35. The van der Waals surface area contributed by atoms with Gasteiger partial charge in [-0.25, -0.2) is 4.39 Å². The van der Waals surface area contributed by atoms with E-state index in [4.69, 9.17) is 5.73 Å². The molecular formula is C16H26FN3. The SMILES string of the molecule is Cc1ccc(F)c(C(CN)N2CC(C)C(N(C)C)C2)c1. The van der Waals surface area contributed by atoms with Gasteiger partial charge in [-0.3, -0.25) is 4.90 Å². The van der Waals surface area contributed by atoms with Gasteiger partial charge in [0.05, 0.1) is 0 Å². The average Bonchev–Trinajstić information content (AvgIpc) is 2.76. The minimum absolute atomic E-state index is 0.0256. The number of hydrogen-bond acceptors (Lipinski definition) is 3. The molecule has 0 amide bonds. The van der Waals surface area contributed by atoms with E-state index in [9.17, 15) is 4.39 Å². The first kappa shape index (κ1) is 15.4. The zero-order valence-corrected chi connectivity index (χ0v) is 12.9. The molecule has 2 rings (SSSR count). The molecule has 3 unspecified atom stereocenters. The zero-order valence-electron chi connectivity index (χ0n) is 12.9. The van der Waals surface area contributed by atoms with Crippen molar-refractivity contribution in [2.24, 2.45) is 11.7 Å². The third-order valence-electron chi connectivity index (χ3n) is 4.44. The van der Waals surface area contributed by atoms with Crippen molar-refractivity contribution in [3.8, 4) is 0 Å². The summed E-state index contributed by atoms with van der Waals surface area (Å²) in [5.41, 5.74) is 7.76. The van der Waals surface area contributed by atoms with Gasteiger partial charge in [0.15, 0.2) is 0 Å². The third-order valence-corrected chi connectivity index (χ3v) is 4.44. The predicted octanol–water partition coefficient (Wildman–Crippen LogP) is 2.02. The van der Waals surface area contributed by atoms with E-state index < -0.39 is 0 Å². The number of likely N-dealkylation sites (tertiary alicyclic amines) is 1. The van der Waals surface area contributed by atoms with Gasteiger partial charge in [-0.1, -0.05) is 24.6 Å². The Hall–Kier alpha value is -0.970. The van der Waals surface area contributed by atoms with Gasteiger partial charge in [0.1, 0.15) is 5.82 Å². The van der Waals surface area contributed by atoms with Crippen LogP contribution in [0.2, 0.25) is 0 Å². The fourth-order valence-electron chi connectivity index (χ4n) is 3.30. The molecule has 0 saturated carbocycles. The summed E-state index contributed by atoms with van der Waals surface area (Å²) in [6.07, 6.45) is 0. The number of rotatable bonds is 4. The minimum atomic E-state index is -0.146. The molecule has 0 aliphatic carbocycles. The Morgan fingerprint density at radius 3 is 2.65 bits per heavy atom. The van der Waals surface area contributed by atoms with Gasteiger partial charge in [-0.15, -0.1) is 0 Å². The normalized spacial score (nSPS) is 25.4. The summed E-state index contributed by atoms with van der Waals surface area (Å²) >= 11 is 0. The van der Waals surface area contributed by atoms with Crippen LogP contribution in [-0.4, -0.2) is 49.6 Å². The fourth-order valence-corrected chi connectivity index (χ4v) is 3.30. The number of hydrogen-bond donors (Lipinski definition) is 1. The van der Waals surface area contributed by atoms with Crippen molar-refractivity contribution in [3.63, 3.8) is 0 Å². The van der Waals surface area contributed by atoms with Crippen molar-refractivity contribution in [3.05, 3.63) is 35.1 Å². The number of likely N-dealkylation sites (N-methyl/N-ethyl adjacent to an activating group) is 1. The van der Waals surface area contributed by atoms with E-state index >= 15 is 0 Å². The molecule has 1 fully saturated rings. The molecule has 2 N–H and O–H groups in total. The second kappa shape index (κ2) is 6.20. The van der Waals surface area contributed by atoms with Crippen molar-refractivity contribution in [1.29, 1.82) is 0 Å². The Balaban J connectivity index is 2.23. The zero-order chi connectivity index (χ0) is 14.9. The standard InChI is InChI=1S/C16H26FN3/c1-11-5-6-14(17)13(7-11)15(8-18)20-9-12(2)16(10-20)19(3)4/h5-7,12,15-16H,8-10,18H2,1-4H3. The molecule has 0 radical (unpaired) electrons. The van der Waals surface area contributed by atoms with Crippen LogP contribution in [0.25, 0.3) is 0 Å². The van der Waals surface area contributed by atoms with Crippen molar-refractivity contribution in [1.82, 2.24) is 9.80 Å². The van der Waals surface area contributed by atoms with Gasteiger partial charge in [-0.05, 0) is 33.0 Å². The summed E-state index contributed by atoms with van der Waals surface area (Å²) in [5, 5.41) is 0. The first-order chi connectivity index (χ1) is 9.43. The van der Waals surface area contributed by atoms with E-state index in [0.29, 0.717) is 18.5 Å². The molecule has 0 bridgehead atoms. The summed E-state index contributed by atoms with van der Waals surface area (Å²) in [4.78, 5) is 4.58. The minimum Gasteiger partial charge on any atom is -0.329 e. The maximum atomic E-state index is 14.1. The van der Waals surface area contributed by atoms with Crippen molar-refractivity contribution < 1.29 is 4.39 Å². The van der Waals surface area contributed by atoms with Crippen LogP contribution in [0.4, 0.5) is 4.39 Å². The molecule has 112 valence electrons.